The lowest BCUT2D eigenvalue weighted by molar-refractivity contribution is -0.145. The molecule has 0 saturated carbocycles. The molecule has 41 heavy (non-hydrogen) atoms. The fourth-order valence-electron chi connectivity index (χ4n) is 4.63. The van der Waals surface area contributed by atoms with Gasteiger partial charge in [0.1, 0.15) is 6.04 Å². The van der Waals surface area contributed by atoms with Crippen LogP contribution in [0.25, 0.3) is 0 Å². The minimum absolute atomic E-state index is 0.144. The molecule has 1 fully saturated rings. The zero-order chi connectivity index (χ0) is 29.5. The third-order valence-electron chi connectivity index (χ3n) is 6.63. The highest BCUT2D eigenvalue weighted by Crippen LogP contribution is 2.30. The van der Waals surface area contributed by atoms with Crippen molar-refractivity contribution in [3.63, 3.8) is 0 Å². The molecule has 3 aromatic rings. The van der Waals surface area contributed by atoms with E-state index < -0.39 is 23.8 Å². The summed E-state index contributed by atoms with van der Waals surface area (Å²) in [5, 5.41) is 6.45. The topological polar surface area (TPSA) is 97.0 Å². The number of aryl methyl sites for hydroxylation is 1. The van der Waals surface area contributed by atoms with Crippen LogP contribution in [0.15, 0.2) is 54.6 Å². The summed E-state index contributed by atoms with van der Waals surface area (Å²) in [4.78, 5) is 41.4. The van der Waals surface area contributed by atoms with Crippen molar-refractivity contribution in [2.75, 3.05) is 43.1 Å². The number of halogens is 3. The van der Waals surface area contributed by atoms with Crippen molar-refractivity contribution >= 4 is 64.0 Å². The highest BCUT2D eigenvalue weighted by atomic mass is 35.5. The Morgan fingerprint density at radius 1 is 0.927 bits per heavy atom. The van der Waals surface area contributed by atoms with Gasteiger partial charge in [-0.2, -0.15) is 0 Å². The van der Waals surface area contributed by atoms with Crippen molar-refractivity contribution in [3.8, 4) is 0 Å². The van der Waals surface area contributed by atoms with Gasteiger partial charge in [-0.3, -0.25) is 9.59 Å². The molecule has 1 saturated heterocycles. The molecule has 1 heterocycles. The number of nitrogens with zero attached hydrogens (tertiary/aromatic N) is 1. The molecular weight excluding hydrogens is 589 g/mol. The maximum absolute atomic E-state index is 13.2. The van der Waals surface area contributed by atoms with Gasteiger partial charge in [-0.1, -0.05) is 59.1 Å². The molecule has 8 nitrogen and oxygen atoms in total. The predicted molar refractivity (Wildman–Crippen MR) is 162 cm³/mol. The fraction of sp³-hybridized carbons (Fsp3) is 0.300. The molecule has 4 rings (SSSR count). The van der Waals surface area contributed by atoms with E-state index in [0.717, 1.165) is 11.3 Å². The molecule has 0 bridgehead atoms. The Balaban J connectivity index is 1.65. The maximum atomic E-state index is 13.2. The van der Waals surface area contributed by atoms with E-state index in [-0.39, 0.29) is 33.7 Å². The average molecular weight is 619 g/mol. The Hall–Kier alpha value is -3.30. The first-order valence-corrected chi connectivity index (χ1v) is 14.3. The number of amides is 2. The van der Waals surface area contributed by atoms with E-state index in [9.17, 15) is 14.4 Å². The van der Waals surface area contributed by atoms with Crippen molar-refractivity contribution in [2.45, 2.75) is 26.3 Å². The van der Waals surface area contributed by atoms with Gasteiger partial charge in [-0.05, 0) is 55.3 Å². The third kappa shape index (κ3) is 7.51. The van der Waals surface area contributed by atoms with E-state index >= 15 is 0 Å². The summed E-state index contributed by atoms with van der Waals surface area (Å²) in [6.45, 7) is 5.90. The van der Waals surface area contributed by atoms with Crippen LogP contribution in [0.5, 0.6) is 0 Å². The number of hydrogen-bond donors (Lipinski definition) is 2. The first-order valence-electron chi connectivity index (χ1n) is 13.1. The van der Waals surface area contributed by atoms with E-state index in [0.29, 0.717) is 43.1 Å². The van der Waals surface area contributed by atoms with Crippen molar-refractivity contribution in [1.82, 2.24) is 5.32 Å². The normalized spacial score (nSPS) is 13.8. The Bertz CT molecular complexity index is 1400. The van der Waals surface area contributed by atoms with Gasteiger partial charge < -0.3 is 25.0 Å². The molecule has 1 aliphatic heterocycles. The van der Waals surface area contributed by atoms with Crippen LogP contribution in [0.1, 0.15) is 38.8 Å². The van der Waals surface area contributed by atoms with Crippen LogP contribution in [-0.4, -0.2) is 56.7 Å². The molecule has 0 spiro atoms. The minimum atomic E-state index is -0.986. The van der Waals surface area contributed by atoms with Crippen molar-refractivity contribution < 1.29 is 23.9 Å². The van der Waals surface area contributed by atoms with Gasteiger partial charge in [-0.25, -0.2) is 4.79 Å². The van der Waals surface area contributed by atoms with Crippen LogP contribution in [0, 0.1) is 6.92 Å². The van der Waals surface area contributed by atoms with Crippen LogP contribution < -0.4 is 15.5 Å². The van der Waals surface area contributed by atoms with E-state index in [1.165, 1.54) is 0 Å². The maximum Gasteiger partial charge on any atom is 0.328 e. The van der Waals surface area contributed by atoms with Gasteiger partial charge in [0.15, 0.2) is 0 Å². The highest BCUT2D eigenvalue weighted by molar-refractivity contribution is 6.40. The van der Waals surface area contributed by atoms with Crippen molar-refractivity contribution in [1.29, 1.82) is 0 Å². The first kappa shape index (κ1) is 30.7. The van der Waals surface area contributed by atoms with Crippen LogP contribution in [0.4, 0.5) is 11.4 Å². The molecular formula is C30H30Cl3N3O5. The Morgan fingerprint density at radius 3 is 2.20 bits per heavy atom. The summed E-state index contributed by atoms with van der Waals surface area (Å²) < 4.78 is 10.8. The van der Waals surface area contributed by atoms with E-state index in [2.05, 4.69) is 15.5 Å². The third-order valence-corrected chi connectivity index (χ3v) is 7.58. The van der Waals surface area contributed by atoms with Gasteiger partial charge in [0.05, 0.1) is 46.0 Å². The molecule has 216 valence electrons. The number of esters is 1. The van der Waals surface area contributed by atoms with Crippen molar-refractivity contribution in [2.24, 2.45) is 0 Å². The molecule has 3 aromatic carbocycles. The number of hydrogen-bond acceptors (Lipinski definition) is 6. The number of benzene rings is 3. The molecule has 2 N–H and O–H groups in total. The van der Waals surface area contributed by atoms with Crippen LogP contribution >= 0.6 is 34.8 Å². The lowest BCUT2D eigenvalue weighted by Gasteiger charge is -2.32. The minimum Gasteiger partial charge on any atom is -0.464 e. The summed E-state index contributed by atoms with van der Waals surface area (Å²) in [7, 11) is 0. The van der Waals surface area contributed by atoms with Crippen molar-refractivity contribution in [3.05, 3.63) is 91.9 Å². The Labute approximate surface area is 253 Å². The number of rotatable bonds is 9. The summed E-state index contributed by atoms with van der Waals surface area (Å²) >= 11 is 18.8. The standard InChI is InChI=1S/C30H30Cl3N3O5/c1-3-41-30(39)24(35-28(37)26-18(2)6-4-7-21(26)31)16-19-10-11-20(17-25(19)36-12-14-40-15-13-36)34-29(38)27-22(32)8-5-9-23(27)33/h4-11,17,24H,3,12-16H2,1-2H3,(H,34,38)(H,35,37)/t24-/m0/s1. The monoisotopic (exact) mass is 617 g/mol. The number of nitrogens with one attached hydrogen (secondary N) is 2. The number of morpholine rings is 1. The molecule has 11 heteroatoms. The molecule has 0 radical (unpaired) electrons. The predicted octanol–water partition coefficient (Wildman–Crippen LogP) is 5.95. The molecule has 1 atom stereocenters. The Kier molecular flexibility index (Phi) is 10.5. The van der Waals surface area contributed by atoms with Gasteiger partial charge in [0.25, 0.3) is 11.8 Å². The average Bonchev–Trinajstić information content (AvgIpc) is 2.94. The van der Waals surface area contributed by atoms with E-state index in [4.69, 9.17) is 44.3 Å². The second-order valence-corrected chi connectivity index (χ2v) is 10.6. The lowest BCUT2D eigenvalue weighted by atomic mass is 10.0. The van der Waals surface area contributed by atoms with Gasteiger partial charge in [-0.15, -0.1) is 0 Å². The van der Waals surface area contributed by atoms with E-state index in [1.54, 1.807) is 56.3 Å². The molecule has 0 aliphatic carbocycles. The molecule has 0 unspecified atom stereocenters. The fourth-order valence-corrected chi connectivity index (χ4v) is 5.50. The van der Waals surface area contributed by atoms with Gasteiger partial charge in [0.2, 0.25) is 0 Å². The number of carbonyl (C=O) groups is 3. The highest BCUT2D eigenvalue weighted by Gasteiger charge is 2.27. The zero-order valence-electron chi connectivity index (χ0n) is 22.6. The second-order valence-electron chi connectivity index (χ2n) is 9.41. The summed E-state index contributed by atoms with van der Waals surface area (Å²) in [6, 6.07) is 14.4. The number of carbonyl (C=O) groups excluding carboxylic acids is 3. The zero-order valence-corrected chi connectivity index (χ0v) is 24.9. The number of anilines is 2. The largest absolute Gasteiger partial charge is 0.464 e. The number of ether oxygens (including phenoxy) is 2. The van der Waals surface area contributed by atoms with Gasteiger partial charge in [0, 0.05) is 30.9 Å². The van der Waals surface area contributed by atoms with Crippen LogP contribution in [0.2, 0.25) is 15.1 Å². The smallest absolute Gasteiger partial charge is 0.328 e. The quantitative estimate of drug-likeness (QED) is 0.288. The van der Waals surface area contributed by atoms with E-state index in [1.807, 2.05) is 12.1 Å². The molecule has 1 aliphatic rings. The second kappa shape index (κ2) is 14.0. The molecule has 0 aromatic heterocycles. The van der Waals surface area contributed by atoms with Gasteiger partial charge >= 0.3 is 5.97 Å². The van der Waals surface area contributed by atoms with Crippen LogP contribution in [0.3, 0.4) is 0 Å². The summed E-state index contributed by atoms with van der Waals surface area (Å²) in [5.74, 6) is -1.49. The Morgan fingerprint density at radius 2 is 1.56 bits per heavy atom. The lowest BCUT2D eigenvalue weighted by Crippen LogP contribution is -2.44. The summed E-state index contributed by atoms with van der Waals surface area (Å²) in [6.07, 6.45) is 0.144. The van der Waals surface area contributed by atoms with Crippen LogP contribution in [-0.2, 0) is 20.7 Å². The summed E-state index contributed by atoms with van der Waals surface area (Å²) in [5.41, 5.74) is 3.23. The molecule has 2 amide bonds. The SMILES string of the molecule is CCOC(=O)[C@H](Cc1ccc(NC(=O)c2c(Cl)cccc2Cl)cc1N1CCOCC1)NC(=O)c1c(C)cccc1Cl. The first-order chi connectivity index (χ1) is 19.7.